The minimum atomic E-state index is 0.247. The summed E-state index contributed by atoms with van der Waals surface area (Å²) in [6, 6.07) is 6.45. The second-order valence-corrected chi connectivity index (χ2v) is 6.08. The first-order valence-corrected chi connectivity index (χ1v) is 7.27. The Morgan fingerprint density at radius 3 is 2.53 bits per heavy atom. The van der Waals surface area contributed by atoms with Crippen LogP contribution in [0, 0.1) is 18.3 Å². The molecule has 2 nitrogen and oxygen atoms in total. The SMILES string of the molecule is CCNCC(C)(Cc1cc(C)ccc1OC)C(C)C. The summed E-state index contributed by atoms with van der Waals surface area (Å²) in [5.41, 5.74) is 2.86. The van der Waals surface area contributed by atoms with Crippen molar-refractivity contribution in [2.45, 2.75) is 41.0 Å². The monoisotopic (exact) mass is 263 g/mol. The van der Waals surface area contributed by atoms with Gasteiger partial charge < -0.3 is 10.1 Å². The van der Waals surface area contributed by atoms with Crippen molar-refractivity contribution in [3.63, 3.8) is 0 Å². The summed E-state index contributed by atoms with van der Waals surface area (Å²) in [4.78, 5) is 0. The van der Waals surface area contributed by atoms with Gasteiger partial charge in [-0.25, -0.2) is 0 Å². The van der Waals surface area contributed by atoms with Gasteiger partial charge in [0.1, 0.15) is 5.75 Å². The number of hydrogen-bond acceptors (Lipinski definition) is 2. The molecule has 1 aromatic carbocycles. The van der Waals surface area contributed by atoms with Crippen molar-refractivity contribution in [3.8, 4) is 5.75 Å². The molecule has 0 saturated heterocycles. The molecule has 1 atom stereocenters. The first-order chi connectivity index (χ1) is 8.92. The van der Waals surface area contributed by atoms with E-state index < -0.39 is 0 Å². The van der Waals surface area contributed by atoms with Gasteiger partial charge in [-0.05, 0) is 42.9 Å². The first kappa shape index (κ1) is 16.0. The van der Waals surface area contributed by atoms with Crippen molar-refractivity contribution in [3.05, 3.63) is 29.3 Å². The van der Waals surface area contributed by atoms with Crippen LogP contribution in [0.3, 0.4) is 0 Å². The van der Waals surface area contributed by atoms with Crippen molar-refractivity contribution < 1.29 is 4.74 Å². The van der Waals surface area contributed by atoms with Crippen LogP contribution in [-0.2, 0) is 6.42 Å². The second kappa shape index (κ2) is 6.95. The van der Waals surface area contributed by atoms with Gasteiger partial charge in [0.15, 0.2) is 0 Å². The first-order valence-electron chi connectivity index (χ1n) is 7.27. The van der Waals surface area contributed by atoms with Crippen LogP contribution < -0.4 is 10.1 Å². The molecule has 0 aromatic heterocycles. The molecule has 0 bridgehead atoms. The zero-order valence-electron chi connectivity index (χ0n) is 13.3. The summed E-state index contributed by atoms with van der Waals surface area (Å²) < 4.78 is 5.51. The van der Waals surface area contributed by atoms with Crippen molar-refractivity contribution in [1.29, 1.82) is 0 Å². The Bertz CT molecular complexity index is 400. The maximum atomic E-state index is 5.51. The molecule has 0 aliphatic rings. The topological polar surface area (TPSA) is 21.3 Å². The van der Waals surface area contributed by atoms with Gasteiger partial charge in [0, 0.05) is 6.54 Å². The van der Waals surface area contributed by atoms with Gasteiger partial charge in [-0.3, -0.25) is 0 Å². The summed E-state index contributed by atoms with van der Waals surface area (Å²) in [5.74, 6) is 1.63. The molecule has 0 aliphatic heterocycles. The Morgan fingerprint density at radius 2 is 2.00 bits per heavy atom. The zero-order valence-corrected chi connectivity index (χ0v) is 13.3. The van der Waals surface area contributed by atoms with E-state index in [-0.39, 0.29) is 5.41 Å². The van der Waals surface area contributed by atoms with E-state index >= 15 is 0 Å². The molecular formula is C17H29NO. The average molecular weight is 263 g/mol. The van der Waals surface area contributed by atoms with Crippen LogP contribution in [0.15, 0.2) is 18.2 Å². The Kier molecular flexibility index (Phi) is 5.86. The van der Waals surface area contributed by atoms with Crippen LogP contribution in [0.1, 0.15) is 38.8 Å². The Balaban J connectivity index is 2.98. The van der Waals surface area contributed by atoms with Gasteiger partial charge in [-0.1, -0.05) is 45.4 Å². The van der Waals surface area contributed by atoms with E-state index in [1.165, 1.54) is 11.1 Å². The molecule has 108 valence electrons. The molecular weight excluding hydrogens is 234 g/mol. The molecule has 0 fully saturated rings. The molecule has 0 aliphatic carbocycles. The molecule has 1 rings (SSSR count). The average Bonchev–Trinajstić information content (AvgIpc) is 2.36. The third kappa shape index (κ3) is 4.24. The minimum Gasteiger partial charge on any atom is -0.496 e. The largest absolute Gasteiger partial charge is 0.496 e. The van der Waals surface area contributed by atoms with Crippen molar-refractivity contribution in [2.75, 3.05) is 20.2 Å². The molecule has 1 aromatic rings. The van der Waals surface area contributed by atoms with Crippen LogP contribution >= 0.6 is 0 Å². The van der Waals surface area contributed by atoms with Crippen molar-refractivity contribution in [1.82, 2.24) is 5.32 Å². The smallest absolute Gasteiger partial charge is 0.122 e. The zero-order chi connectivity index (χ0) is 14.5. The van der Waals surface area contributed by atoms with Crippen LogP contribution in [0.5, 0.6) is 5.75 Å². The van der Waals surface area contributed by atoms with Crippen LogP contribution in [0.4, 0.5) is 0 Å². The maximum absolute atomic E-state index is 5.51. The van der Waals surface area contributed by atoms with Gasteiger partial charge in [-0.2, -0.15) is 0 Å². The van der Waals surface area contributed by atoms with Gasteiger partial charge in [0.25, 0.3) is 0 Å². The lowest BCUT2D eigenvalue weighted by molar-refractivity contribution is 0.206. The summed E-state index contributed by atoms with van der Waals surface area (Å²) in [5, 5.41) is 3.50. The second-order valence-electron chi connectivity index (χ2n) is 6.08. The van der Waals surface area contributed by atoms with Gasteiger partial charge in [-0.15, -0.1) is 0 Å². The molecule has 19 heavy (non-hydrogen) atoms. The van der Waals surface area contributed by atoms with E-state index in [1.807, 2.05) is 0 Å². The van der Waals surface area contributed by atoms with Gasteiger partial charge in [0.2, 0.25) is 0 Å². The number of methoxy groups -OCH3 is 1. The summed E-state index contributed by atoms with van der Waals surface area (Å²) >= 11 is 0. The predicted molar refractivity (Wildman–Crippen MR) is 82.9 cm³/mol. The van der Waals surface area contributed by atoms with Crippen LogP contribution in [-0.4, -0.2) is 20.2 Å². The highest BCUT2D eigenvalue weighted by molar-refractivity contribution is 5.37. The quantitative estimate of drug-likeness (QED) is 0.807. The number of nitrogens with one attached hydrogen (secondary N) is 1. The highest BCUT2D eigenvalue weighted by Gasteiger charge is 2.29. The number of aryl methyl sites for hydroxylation is 1. The normalized spacial score (nSPS) is 14.5. The highest BCUT2D eigenvalue weighted by atomic mass is 16.5. The van der Waals surface area contributed by atoms with E-state index in [0.29, 0.717) is 5.92 Å². The molecule has 0 spiro atoms. The molecule has 0 heterocycles. The summed E-state index contributed by atoms with van der Waals surface area (Å²) in [6.45, 7) is 13.3. The summed E-state index contributed by atoms with van der Waals surface area (Å²) in [6.07, 6.45) is 1.04. The van der Waals surface area contributed by atoms with Crippen molar-refractivity contribution in [2.24, 2.45) is 11.3 Å². The number of ether oxygens (including phenoxy) is 1. The Morgan fingerprint density at radius 1 is 1.32 bits per heavy atom. The Hall–Kier alpha value is -1.02. The van der Waals surface area contributed by atoms with Gasteiger partial charge in [0.05, 0.1) is 7.11 Å². The van der Waals surface area contributed by atoms with E-state index in [9.17, 15) is 0 Å². The van der Waals surface area contributed by atoms with Crippen LogP contribution in [0.2, 0.25) is 0 Å². The van der Waals surface area contributed by atoms with E-state index in [1.54, 1.807) is 7.11 Å². The fourth-order valence-corrected chi connectivity index (χ4v) is 2.36. The third-order valence-corrected chi connectivity index (χ3v) is 4.20. The fraction of sp³-hybridized carbons (Fsp3) is 0.647. The standard InChI is InChI=1S/C17H29NO/c1-7-18-12-17(5,13(2)3)11-15-10-14(4)8-9-16(15)19-6/h8-10,13,18H,7,11-12H2,1-6H3. The van der Waals surface area contributed by atoms with Crippen molar-refractivity contribution >= 4 is 0 Å². The molecule has 0 saturated carbocycles. The lowest BCUT2D eigenvalue weighted by Gasteiger charge is -2.35. The molecule has 0 radical (unpaired) electrons. The fourth-order valence-electron chi connectivity index (χ4n) is 2.36. The molecule has 0 amide bonds. The van der Waals surface area contributed by atoms with Crippen LogP contribution in [0.25, 0.3) is 0 Å². The number of rotatable bonds is 7. The Labute approximate surface area is 118 Å². The third-order valence-electron chi connectivity index (χ3n) is 4.20. The lowest BCUT2D eigenvalue weighted by Crippen LogP contribution is -2.38. The number of hydrogen-bond donors (Lipinski definition) is 1. The minimum absolute atomic E-state index is 0.247. The van der Waals surface area contributed by atoms with E-state index in [0.717, 1.165) is 25.3 Å². The van der Waals surface area contributed by atoms with E-state index in [2.05, 4.69) is 58.1 Å². The predicted octanol–water partition coefficient (Wildman–Crippen LogP) is 3.82. The number of benzene rings is 1. The maximum Gasteiger partial charge on any atom is 0.122 e. The van der Waals surface area contributed by atoms with Gasteiger partial charge >= 0.3 is 0 Å². The summed E-state index contributed by atoms with van der Waals surface area (Å²) in [7, 11) is 1.76. The molecule has 1 unspecified atom stereocenters. The van der Waals surface area contributed by atoms with E-state index in [4.69, 9.17) is 4.74 Å². The lowest BCUT2D eigenvalue weighted by atomic mass is 9.74. The highest BCUT2D eigenvalue weighted by Crippen LogP contribution is 2.34. The molecule has 2 heteroatoms. The molecule has 1 N–H and O–H groups in total.